The van der Waals surface area contributed by atoms with Crippen LogP contribution in [0.2, 0.25) is 0 Å². The second-order valence-corrected chi connectivity index (χ2v) is 7.54. The van der Waals surface area contributed by atoms with Gasteiger partial charge in [0.15, 0.2) is 0 Å². The molecule has 0 fully saturated rings. The molecule has 1 aliphatic carbocycles. The van der Waals surface area contributed by atoms with Crippen LogP contribution in [-0.2, 0) is 6.42 Å². The number of fused-ring (bicyclic) bond motifs is 1. The number of rotatable bonds is 4. The summed E-state index contributed by atoms with van der Waals surface area (Å²) in [5.74, 6) is 0.334. The summed E-state index contributed by atoms with van der Waals surface area (Å²) in [5.41, 5.74) is 8.04. The van der Waals surface area contributed by atoms with Crippen LogP contribution in [-0.4, -0.2) is 5.71 Å². The second kappa shape index (κ2) is 6.37. The third kappa shape index (κ3) is 2.94. The predicted molar refractivity (Wildman–Crippen MR) is 105 cm³/mol. The molecular weight excluding hydrogens is 310 g/mol. The fourth-order valence-electron chi connectivity index (χ4n) is 3.45. The van der Waals surface area contributed by atoms with Gasteiger partial charge in [0, 0.05) is 22.6 Å². The molecule has 2 heterocycles. The van der Waals surface area contributed by atoms with Crippen LogP contribution in [0.1, 0.15) is 28.0 Å². The Bertz CT molecular complexity index is 892. The van der Waals surface area contributed by atoms with Crippen molar-refractivity contribution in [1.82, 2.24) is 0 Å². The number of hydrogen-bond acceptors (Lipinski definition) is 2. The lowest BCUT2D eigenvalue weighted by atomic mass is 9.85. The lowest BCUT2D eigenvalue weighted by molar-refractivity contribution is 0.957. The van der Waals surface area contributed by atoms with E-state index < -0.39 is 0 Å². The van der Waals surface area contributed by atoms with Crippen molar-refractivity contribution in [2.75, 3.05) is 0 Å². The number of aliphatic imine (C=N–C) groups is 1. The molecule has 1 unspecified atom stereocenters. The van der Waals surface area contributed by atoms with E-state index in [0.29, 0.717) is 5.92 Å². The van der Waals surface area contributed by atoms with Crippen LogP contribution in [0.15, 0.2) is 70.7 Å². The molecule has 120 valence electrons. The van der Waals surface area contributed by atoms with Crippen LogP contribution >= 0.6 is 11.3 Å². The Kier molecular flexibility index (Phi) is 4.07. The number of nitrogens with zero attached hydrogens (tertiary/aromatic N) is 1. The van der Waals surface area contributed by atoms with Crippen LogP contribution in [0.5, 0.6) is 0 Å². The third-order valence-corrected chi connectivity index (χ3v) is 5.78. The van der Waals surface area contributed by atoms with Crippen molar-refractivity contribution in [2.24, 2.45) is 10.9 Å². The van der Waals surface area contributed by atoms with Crippen molar-refractivity contribution in [3.63, 3.8) is 0 Å². The Morgan fingerprint density at radius 1 is 1.08 bits per heavy atom. The largest absolute Gasteiger partial charge is 0.260 e. The topological polar surface area (TPSA) is 12.4 Å². The summed E-state index contributed by atoms with van der Waals surface area (Å²) < 4.78 is 0. The molecule has 1 nitrogen and oxygen atoms in total. The van der Waals surface area contributed by atoms with E-state index in [-0.39, 0.29) is 0 Å². The van der Waals surface area contributed by atoms with Gasteiger partial charge in [-0.05, 0) is 54.8 Å². The molecule has 4 rings (SSSR count). The molecule has 2 heteroatoms. The average molecular weight is 331 g/mol. The van der Waals surface area contributed by atoms with E-state index in [0.717, 1.165) is 12.8 Å². The maximum absolute atomic E-state index is 4.78. The average Bonchev–Trinajstić information content (AvgIpc) is 3.19. The summed E-state index contributed by atoms with van der Waals surface area (Å²) in [7, 11) is 0. The van der Waals surface area contributed by atoms with E-state index in [2.05, 4.69) is 74.0 Å². The smallest absolute Gasteiger partial charge is 0.0549 e. The van der Waals surface area contributed by atoms with Gasteiger partial charge in [-0.1, -0.05) is 48.1 Å². The highest BCUT2D eigenvalue weighted by molar-refractivity contribution is 7.11. The van der Waals surface area contributed by atoms with Crippen molar-refractivity contribution in [1.29, 1.82) is 0 Å². The zero-order valence-corrected chi connectivity index (χ0v) is 14.9. The summed E-state index contributed by atoms with van der Waals surface area (Å²) in [5, 5.41) is 2.22. The zero-order valence-electron chi connectivity index (χ0n) is 14.1. The van der Waals surface area contributed by atoms with Gasteiger partial charge in [-0.2, -0.15) is 0 Å². The molecule has 0 spiro atoms. The Morgan fingerprint density at radius 2 is 2.00 bits per heavy atom. The Hall–Kier alpha value is -2.19. The SMILES string of the molecule is Cc1cccc(CCC2=CC=CC3C(c4cc(C)cs4)=CN=C23)c1. The van der Waals surface area contributed by atoms with Gasteiger partial charge in [0.2, 0.25) is 0 Å². The van der Waals surface area contributed by atoms with Gasteiger partial charge >= 0.3 is 0 Å². The van der Waals surface area contributed by atoms with Crippen LogP contribution in [0.4, 0.5) is 0 Å². The number of benzene rings is 1. The molecule has 2 aliphatic rings. The summed E-state index contributed by atoms with van der Waals surface area (Å²) in [4.78, 5) is 6.13. The fraction of sp³-hybridized carbons (Fsp3) is 0.227. The van der Waals surface area contributed by atoms with Gasteiger partial charge in [0.05, 0.1) is 5.71 Å². The summed E-state index contributed by atoms with van der Waals surface area (Å²) >= 11 is 1.82. The molecule has 0 amide bonds. The van der Waals surface area contributed by atoms with Gasteiger partial charge in [-0.15, -0.1) is 11.3 Å². The highest BCUT2D eigenvalue weighted by Crippen LogP contribution is 2.38. The molecule has 24 heavy (non-hydrogen) atoms. The summed E-state index contributed by atoms with van der Waals surface area (Å²) in [6.07, 6.45) is 10.9. The highest BCUT2D eigenvalue weighted by Gasteiger charge is 2.28. The maximum atomic E-state index is 4.78. The van der Waals surface area contributed by atoms with Gasteiger partial charge < -0.3 is 0 Å². The number of allylic oxidation sites excluding steroid dienone is 5. The Morgan fingerprint density at radius 3 is 2.79 bits per heavy atom. The van der Waals surface area contributed by atoms with Gasteiger partial charge in [0.25, 0.3) is 0 Å². The lowest BCUT2D eigenvalue weighted by Gasteiger charge is -2.19. The molecule has 1 aliphatic heterocycles. The van der Waals surface area contributed by atoms with Crippen molar-refractivity contribution in [3.8, 4) is 0 Å². The summed E-state index contributed by atoms with van der Waals surface area (Å²) in [6, 6.07) is 11.1. The highest BCUT2D eigenvalue weighted by atomic mass is 32.1. The molecule has 0 saturated heterocycles. The molecule has 0 bridgehead atoms. The van der Waals surface area contributed by atoms with Crippen LogP contribution in [0.3, 0.4) is 0 Å². The van der Waals surface area contributed by atoms with E-state index >= 15 is 0 Å². The Labute approximate surface area is 147 Å². The fourth-order valence-corrected chi connectivity index (χ4v) is 4.40. The van der Waals surface area contributed by atoms with Crippen LogP contribution in [0, 0.1) is 19.8 Å². The molecule has 0 saturated carbocycles. The molecule has 2 aromatic rings. The quantitative estimate of drug-likeness (QED) is 0.661. The minimum atomic E-state index is 0.334. The number of hydrogen-bond donors (Lipinski definition) is 0. The first-order chi connectivity index (χ1) is 11.7. The van der Waals surface area contributed by atoms with E-state index in [1.807, 2.05) is 11.3 Å². The van der Waals surface area contributed by atoms with Crippen molar-refractivity contribution in [3.05, 3.63) is 87.3 Å². The van der Waals surface area contributed by atoms with Crippen LogP contribution in [0.25, 0.3) is 5.57 Å². The van der Waals surface area contributed by atoms with E-state index in [1.54, 1.807) is 0 Å². The molecule has 1 aromatic carbocycles. The van der Waals surface area contributed by atoms with Gasteiger partial charge in [0.1, 0.15) is 0 Å². The normalized spacial score (nSPS) is 18.9. The molecule has 0 N–H and O–H groups in total. The van der Waals surface area contributed by atoms with Gasteiger partial charge in [-0.25, -0.2) is 0 Å². The first-order valence-electron chi connectivity index (χ1n) is 8.47. The van der Waals surface area contributed by atoms with Crippen molar-refractivity contribution >= 4 is 22.6 Å². The molecule has 1 aromatic heterocycles. The maximum Gasteiger partial charge on any atom is 0.0549 e. The number of thiophene rings is 1. The van der Waals surface area contributed by atoms with E-state index in [9.17, 15) is 0 Å². The van der Waals surface area contributed by atoms with E-state index in [1.165, 1.54) is 38.4 Å². The van der Waals surface area contributed by atoms with Crippen molar-refractivity contribution in [2.45, 2.75) is 26.7 Å². The molecule has 0 radical (unpaired) electrons. The minimum Gasteiger partial charge on any atom is -0.260 e. The zero-order chi connectivity index (χ0) is 16.5. The van der Waals surface area contributed by atoms with Crippen LogP contribution < -0.4 is 0 Å². The lowest BCUT2D eigenvalue weighted by Crippen LogP contribution is -2.16. The van der Waals surface area contributed by atoms with E-state index in [4.69, 9.17) is 4.99 Å². The minimum absolute atomic E-state index is 0.334. The molecular formula is C22H21NS. The molecule has 1 atom stereocenters. The number of aryl methyl sites for hydroxylation is 3. The second-order valence-electron chi connectivity index (χ2n) is 6.63. The first-order valence-corrected chi connectivity index (χ1v) is 9.35. The van der Waals surface area contributed by atoms with Crippen molar-refractivity contribution < 1.29 is 0 Å². The van der Waals surface area contributed by atoms with Gasteiger partial charge in [-0.3, -0.25) is 4.99 Å². The monoisotopic (exact) mass is 331 g/mol. The Balaban J connectivity index is 1.49. The predicted octanol–water partition coefficient (Wildman–Crippen LogP) is 5.91. The standard InChI is InChI=1S/C22H21NS/c1-15-5-3-6-17(11-15)9-10-18-7-4-8-19-20(13-23-22(18)19)21-12-16(2)14-24-21/h3-8,11-14,19H,9-10H2,1-2H3. The third-order valence-electron chi connectivity index (χ3n) is 4.68. The summed E-state index contributed by atoms with van der Waals surface area (Å²) in [6.45, 7) is 4.31. The first kappa shape index (κ1) is 15.3.